The lowest BCUT2D eigenvalue weighted by Crippen LogP contribution is -2.03. The van der Waals surface area contributed by atoms with Gasteiger partial charge in [-0.25, -0.2) is 0 Å². The normalized spacial score (nSPS) is 11.8. The van der Waals surface area contributed by atoms with Gasteiger partial charge in [0.05, 0.1) is 5.56 Å². The van der Waals surface area contributed by atoms with Gasteiger partial charge in [-0.15, -0.1) is 0 Å². The molecule has 1 aromatic heterocycles. The van der Waals surface area contributed by atoms with Crippen LogP contribution in [0.15, 0.2) is 34.7 Å². The van der Waals surface area contributed by atoms with Gasteiger partial charge in [0.15, 0.2) is 0 Å². The average molecular weight is 270 g/mol. The second kappa shape index (κ2) is 5.09. The van der Waals surface area contributed by atoms with Gasteiger partial charge < -0.3 is 9.52 Å². The highest BCUT2D eigenvalue weighted by molar-refractivity contribution is 5.59. The molecule has 2 nitrogen and oxygen atoms in total. The fourth-order valence-corrected chi connectivity index (χ4v) is 1.85. The number of halogens is 3. The average Bonchev–Trinajstić information content (AvgIpc) is 2.71. The minimum absolute atomic E-state index is 0.00677. The molecule has 0 bridgehead atoms. The van der Waals surface area contributed by atoms with Crippen LogP contribution in [0.5, 0.6) is 0 Å². The van der Waals surface area contributed by atoms with Gasteiger partial charge >= 0.3 is 6.18 Å². The predicted octanol–water partition coefficient (Wildman–Crippen LogP) is 3.81. The summed E-state index contributed by atoms with van der Waals surface area (Å²) in [6.07, 6.45) is -3.87. The Morgan fingerprint density at radius 1 is 1.16 bits per heavy atom. The molecule has 0 unspecified atom stereocenters. The molecule has 0 atom stereocenters. The van der Waals surface area contributed by atoms with Crippen molar-refractivity contribution in [3.63, 3.8) is 0 Å². The van der Waals surface area contributed by atoms with Crippen molar-refractivity contribution in [1.29, 1.82) is 0 Å². The van der Waals surface area contributed by atoms with Crippen molar-refractivity contribution < 1.29 is 22.7 Å². The van der Waals surface area contributed by atoms with E-state index in [0.717, 1.165) is 17.7 Å². The molecule has 2 rings (SSSR count). The summed E-state index contributed by atoms with van der Waals surface area (Å²) in [6, 6.07) is 6.56. The minimum atomic E-state index is -4.33. The second-order valence-electron chi connectivity index (χ2n) is 4.24. The lowest BCUT2D eigenvalue weighted by molar-refractivity contribution is -0.137. The molecule has 0 amide bonds. The molecule has 0 saturated carbocycles. The molecule has 1 aromatic carbocycles. The molecular formula is C14H13F3O2. The predicted molar refractivity (Wildman–Crippen MR) is 64.7 cm³/mol. The first-order valence-corrected chi connectivity index (χ1v) is 5.79. The first-order valence-electron chi connectivity index (χ1n) is 5.79. The number of rotatable bonds is 3. The van der Waals surface area contributed by atoms with E-state index < -0.39 is 11.7 Å². The highest BCUT2D eigenvalue weighted by atomic mass is 19.4. The van der Waals surface area contributed by atoms with Crippen molar-refractivity contribution in [2.75, 3.05) is 6.61 Å². The van der Waals surface area contributed by atoms with Crippen LogP contribution in [0.4, 0.5) is 13.2 Å². The van der Waals surface area contributed by atoms with Crippen LogP contribution in [0.1, 0.15) is 16.9 Å². The minimum Gasteiger partial charge on any atom is -0.461 e. The molecule has 0 fully saturated rings. The highest BCUT2D eigenvalue weighted by Gasteiger charge is 2.30. The van der Waals surface area contributed by atoms with E-state index in [1.165, 1.54) is 12.1 Å². The Morgan fingerprint density at radius 2 is 1.79 bits per heavy atom. The molecule has 0 spiro atoms. The van der Waals surface area contributed by atoms with Crippen molar-refractivity contribution in [3.05, 3.63) is 47.2 Å². The molecule has 1 N–H and O–H groups in total. The highest BCUT2D eigenvalue weighted by Crippen LogP contribution is 2.32. The third-order valence-electron chi connectivity index (χ3n) is 2.90. The summed E-state index contributed by atoms with van der Waals surface area (Å²) >= 11 is 0. The monoisotopic (exact) mass is 270 g/mol. The van der Waals surface area contributed by atoms with Gasteiger partial charge in [0.25, 0.3) is 0 Å². The molecular weight excluding hydrogens is 257 g/mol. The Morgan fingerprint density at radius 3 is 2.32 bits per heavy atom. The van der Waals surface area contributed by atoms with Gasteiger partial charge in [0, 0.05) is 12.2 Å². The summed E-state index contributed by atoms with van der Waals surface area (Å²) in [5.74, 6) is 1.18. The van der Waals surface area contributed by atoms with Crippen molar-refractivity contribution in [2.24, 2.45) is 0 Å². The molecule has 0 radical (unpaired) electrons. The molecule has 0 aliphatic heterocycles. The Balaban J connectivity index is 2.30. The maximum absolute atomic E-state index is 12.4. The molecule has 0 saturated heterocycles. The third kappa shape index (κ3) is 2.98. The first kappa shape index (κ1) is 13.7. The zero-order valence-electron chi connectivity index (χ0n) is 10.3. The second-order valence-corrected chi connectivity index (χ2v) is 4.24. The number of benzene rings is 1. The SMILES string of the molecule is Cc1oc(-c2ccc(C(F)(F)F)cc2)cc1CCO. The Bertz CT molecular complexity index is 553. The molecule has 0 aliphatic rings. The number of aliphatic hydroxyl groups excluding tert-OH is 1. The van der Waals surface area contributed by atoms with Crippen LogP contribution in [0, 0.1) is 6.92 Å². The molecule has 102 valence electrons. The standard InChI is InChI=1S/C14H13F3O2/c1-9-11(6-7-18)8-13(19-9)10-2-4-12(5-3-10)14(15,16)17/h2-5,8,18H,6-7H2,1H3. The van der Waals surface area contributed by atoms with E-state index in [2.05, 4.69) is 0 Å². The molecule has 1 heterocycles. The van der Waals surface area contributed by atoms with Crippen molar-refractivity contribution in [3.8, 4) is 11.3 Å². The van der Waals surface area contributed by atoms with Crippen molar-refractivity contribution >= 4 is 0 Å². The summed E-state index contributed by atoms with van der Waals surface area (Å²) in [4.78, 5) is 0. The fraction of sp³-hybridized carbons (Fsp3) is 0.286. The lowest BCUT2D eigenvalue weighted by atomic mass is 10.1. The van der Waals surface area contributed by atoms with Crippen LogP contribution >= 0.6 is 0 Å². The van der Waals surface area contributed by atoms with Crippen LogP contribution in [-0.4, -0.2) is 11.7 Å². The van der Waals surface area contributed by atoms with Gasteiger partial charge in [-0.2, -0.15) is 13.2 Å². The molecule has 19 heavy (non-hydrogen) atoms. The molecule has 5 heteroatoms. The van der Waals surface area contributed by atoms with Gasteiger partial charge in [-0.1, -0.05) is 12.1 Å². The van der Waals surface area contributed by atoms with Gasteiger partial charge in [0.1, 0.15) is 11.5 Å². The maximum atomic E-state index is 12.4. The van der Waals surface area contributed by atoms with E-state index >= 15 is 0 Å². The molecule has 0 aliphatic carbocycles. The number of aliphatic hydroxyl groups is 1. The number of alkyl halides is 3. The largest absolute Gasteiger partial charge is 0.461 e. The van der Waals surface area contributed by atoms with Gasteiger partial charge in [-0.3, -0.25) is 0 Å². The van der Waals surface area contributed by atoms with Crippen LogP contribution in [-0.2, 0) is 12.6 Å². The van der Waals surface area contributed by atoms with E-state index in [1.54, 1.807) is 13.0 Å². The van der Waals surface area contributed by atoms with Gasteiger partial charge in [0.2, 0.25) is 0 Å². The van der Waals surface area contributed by atoms with Crippen molar-refractivity contribution in [2.45, 2.75) is 19.5 Å². The summed E-state index contributed by atoms with van der Waals surface area (Å²) in [5, 5.41) is 8.88. The maximum Gasteiger partial charge on any atom is 0.416 e. The third-order valence-corrected chi connectivity index (χ3v) is 2.90. The number of furan rings is 1. The number of aryl methyl sites for hydroxylation is 1. The van der Waals surface area contributed by atoms with Crippen LogP contribution in [0.3, 0.4) is 0 Å². The topological polar surface area (TPSA) is 33.4 Å². The van der Waals surface area contributed by atoms with Crippen LogP contribution in [0.2, 0.25) is 0 Å². The smallest absolute Gasteiger partial charge is 0.416 e. The van der Waals surface area contributed by atoms with Crippen molar-refractivity contribution in [1.82, 2.24) is 0 Å². The summed E-state index contributed by atoms with van der Waals surface area (Å²) in [5.41, 5.74) is 0.757. The summed E-state index contributed by atoms with van der Waals surface area (Å²) in [7, 11) is 0. The van der Waals surface area contributed by atoms with E-state index in [9.17, 15) is 13.2 Å². The Kier molecular flexibility index (Phi) is 3.66. The Hall–Kier alpha value is -1.75. The molecule has 2 aromatic rings. The van der Waals surface area contributed by atoms with E-state index in [0.29, 0.717) is 23.5 Å². The van der Waals surface area contributed by atoms with Crippen LogP contribution < -0.4 is 0 Å². The summed E-state index contributed by atoms with van der Waals surface area (Å²) < 4.78 is 42.8. The quantitative estimate of drug-likeness (QED) is 0.920. The number of hydrogen-bond donors (Lipinski definition) is 1. The van der Waals surface area contributed by atoms with Crippen LogP contribution in [0.25, 0.3) is 11.3 Å². The van der Waals surface area contributed by atoms with E-state index in [1.807, 2.05) is 0 Å². The van der Waals surface area contributed by atoms with Gasteiger partial charge in [-0.05, 0) is 37.1 Å². The summed E-state index contributed by atoms with van der Waals surface area (Å²) in [6.45, 7) is 1.77. The lowest BCUT2D eigenvalue weighted by Gasteiger charge is -2.06. The van der Waals surface area contributed by atoms with E-state index in [-0.39, 0.29) is 6.61 Å². The van der Waals surface area contributed by atoms with E-state index in [4.69, 9.17) is 9.52 Å². The zero-order chi connectivity index (χ0) is 14.0. The first-order chi connectivity index (χ1) is 8.91. The number of hydrogen-bond acceptors (Lipinski definition) is 2. The fourth-order valence-electron chi connectivity index (χ4n) is 1.85. The zero-order valence-corrected chi connectivity index (χ0v) is 10.3. The Labute approximate surface area is 108 Å².